The molecule has 2 heteroatoms. The van der Waals surface area contributed by atoms with Gasteiger partial charge in [-0.1, -0.05) is 35.9 Å². The second-order valence-electron chi connectivity index (χ2n) is 4.85. The van der Waals surface area contributed by atoms with Crippen LogP contribution in [0.15, 0.2) is 48.5 Å². The number of ether oxygens (including phenoxy) is 1. The minimum atomic E-state index is -0.0208. The molecule has 0 saturated carbocycles. The van der Waals surface area contributed by atoms with Crippen molar-refractivity contribution >= 4 is 11.9 Å². The van der Waals surface area contributed by atoms with E-state index < -0.39 is 0 Å². The van der Waals surface area contributed by atoms with E-state index in [2.05, 4.69) is 0 Å². The summed E-state index contributed by atoms with van der Waals surface area (Å²) >= 11 is 0. The fourth-order valence-corrected chi connectivity index (χ4v) is 1.95. The van der Waals surface area contributed by atoms with Gasteiger partial charge in [0, 0.05) is 5.56 Å². The third-order valence-corrected chi connectivity index (χ3v) is 3.08. The minimum absolute atomic E-state index is 0.0208. The van der Waals surface area contributed by atoms with Gasteiger partial charge >= 0.3 is 0 Å². The lowest BCUT2D eigenvalue weighted by atomic mass is 10.1. The Morgan fingerprint density at radius 1 is 1.00 bits per heavy atom. The fraction of sp³-hybridized carbons (Fsp3) is 0.167. The summed E-state index contributed by atoms with van der Waals surface area (Å²) in [4.78, 5) is 12.2. The van der Waals surface area contributed by atoms with Gasteiger partial charge in [0.2, 0.25) is 0 Å². The van der Waals surface area contributed by atoms with Crippen molar-refractivity contribution in [2.75, 3.05) is 7.11 Å². The molecule has 0 aliphatic carbocycles. The van der Waals surface area contributed by atoms with E-state index >= 15 is 0 Å². The molecule has 2 rings (SSSR count). The Hall–Kier alpha value is -2.35. The van der Waals surface area contributed by atoms with Crippen LogP contribution in [0.2, 0.25) is 0 Å². The molecule has 0 aromatic heterocycles. The fourth-order valence-electron chi connectivity index (χ4n) is 1.95. The molecule has 20 heavy (non-hydrogen) atoms. The molecule has 0 unspecified atom stereocenters. The minimum Gasteiger partial charge on any atom is -0.497 e. The molecule has 0 heterocycles. The molecule has 2 nitrogen and oxygen atoms in total. The van der Waals surface area contributed by atoms with E-state index in [9.17, 15) is 4.79 Å². The van der Waals surface area contributed by atoms with Crippen LogP contribution in [0.5, 0.6) is 5.75 Å². The zero-order valence-electron chi connectivity index (χ0n) is 12.0. The lowest BCUT2D eigenvalue weighted by Crippen LogP contribution is -1.96. The number of carbonyl (C=O) groups is 1. The van der Waals surface area contributed by atoms with Crippen LogP contribution in [-0.4, -0.2) is 12.9 Å². The summed E-state index contributed by atoms with van der Waals surface area (Å²) in [5.74, 6) is 0.685. The van der Waals surface area contributed by atoms with E-state index in [0.29, 0.717) is 11.3 Å². The number of rotatable bonds is 4. The van der Waals surface area contributed by atoms with E-state index in [-0.39, 0.29) is 5.78 Å². The molecule has 0 saturated heterocycles. The van der Waals surface area contributed by atoms with Crippen LogP contribution < -0.4 is 4.74 Å². The third kappa shape index (κ3) is 3.58. The van der Waals surface area contributed by atoms with Crippen molar-refractivity contribution in [1.29, 1.82) is 0 Å². The molecule has 2 aromatic rings. The van der Waals surface area contributed by atoms with Crippen LogP contribution in [0.3, 0.4) is 0 Å². The number of hydrogen-bond acceptors (Lipinski definition) is 2. The van der Waals surface area contributed by atoms with E-state index in [1.165, 1.54) is 5.56 Å². The number of ketones is 1. The highest BCUT2D eigenvalue weighted by atomic mass is 16.5. The summed E-state index contributed by atoms with van der Waals surface area (Å²) < 4.78 is 5.19. The van der Waals surface area contributed by atoms with Crippen LogP contribution in [-0.2, 0) is 0 Å². The average molecular weight is 266 g/mol. The molecular formula is C18H18O2. The van der Waals surface area contributed by atoms with E-state index in [1.807, 2.05) is 56.3 Å². The average Bonchev–Trinajstić information content (AvgIpc) is 2.45. The number of allylic oxidation sites excluding steroid dienone is 1. The number of carbonyl (C=O) groups excluding carboxylic acids is 1. The van der Waals surface area contributed by atoms with Gasteiger partial charge in [-0.2, -0.15) is 0 Å². The van der Waals surface area contributed by atoms with Gasteiger partial charge in [0.1, 0.15) is 5.75 Å². The lowest BCUT2D eigenvalue weighted by molar-refractivity contribution is 0.104. The summed E-state index contributed by atoms with van der Waals surface area (Å²) in [5.41, 5.74) is 3.88. The monoisotopic (exact) mass is 266 g/mol. The molecule has 0 radical (unpaired) electrons. The maximum Gasteiger partial charge on any atom is 0.185 e. The predicted molar refractivity (Wildman–Crippen MR) is 82.3 cm³/mol. The van der Waals surface area contributed by atoms with Gasteiger partial charge < -0.3 is 4.74 Å². The zero-order chi connectivity index (χ0) is 14.5. The first-order valence-electron chi connectivity index (χ1n) is 6.53. The van der Waals surface area contributed by atoms with Crippen LogP contribution in [0.1, 0.15) is 27.0 Å². The van der Waals surface area contributed by atoms with Crippen LogP contribution >= 0.6 is 0 Å². The van der Waals surface area contributed by atoms with Gasteiger partial charge in [-0.05, 0) is 49.2 Å². The Morgan fingerprint density at radius 2 is 1.70 bits per heavy atom. The molecule has 0 aliphatic heterocycles. The first kappa shape index (κ1) is 14.1. The van der Waals surface area contributed by atoms with Crippen molar-refractivity contribution in [3.63, 3.8) is 0 Å². The Bertz CT molecular complexity index is 637. The maximum atomic E-state index is 12.2. The Kier molecular flexibility index (Phi) is 4.36. The summed E-state index contributed by atoms with van der Waals surface area (Å²) in [6, 6.07) is 13.6. The quantitative estimate of drug-likeness (QED) is 0.612. The molecular weight excluding hydrogens is 248 g/mol. The highest BCUT2D eigenvalue weighted by Crippen LogP contribution is 2.17. The molecule has 2 aromatic carbocycles. The first-order chi connectivity index (χ1) is 9.58. The highest BCUT2D eigenvalue weighted by Gasteiger charge is 2.05. The number of aryl methyl sites for hydroxylation is 2. The van der Waals surface area contributed by atoms with E-state index in [4.69, 9.17) is 4.74 Å². The van der Waals surface area contributed by atoms with Crippen molar-refractivity contribution in [1.82, 2.24) is 0 Å². The number of methoxy groups -OCH3 is 1. The SMILES string of the molecule is COc1cc(C)cc(C(=O)/C=C/c2ccc(C)cc2)c1. The summed E-state index contributed by atoms with van der Waals surface area (Å²) in [6.45, 7) is 3.99. The second-order valence-corrected chi connectivity index (χ2v) is 4.85. The Morgan fingerprint density at radius 3 is 2.35 bits per heavy atom. The smallest absolute Gasteiger partial charge is 0.185 e. The normalized spacial score (nSPS) is 10.8. The summed E-state index contributed by atoms with van der Waals surface area (Å²) in [6.07, 6.45) is 3.43. The van der Waals surface area contributed by atoms with Gasteiger partial charge in [-0.25, -0.2) is 0 Å². The van der Waals surface area contributed by atoms with Gasteiger partial charge in [0.15, 0.2) is 5.78 Å². The number of benzene rings is 2. The predicted octanol–water partition coefficient (Wildman–Crippen LogP) is 4.21. The van der Waals surface area contributed by atoms with E-state index in [1.54, 1.807) is 19.3 Å². The van der Waals surface area contributed by atoms with Gasteiger partial charge in [0.05, 0.1) is 7.11 Å². The first-order valence-corrected chi connectivity index (χ1v) is 6.53. The molecule has 0 fully saturated rings. The Labute approximate surface area is 119 Å². The van der Waals surface area contributed by atoms with Crippen LogP contribution in [0.25, 0.3) is 6.08 Å². The molecule has 0 amide bonds. The molecule has 0 aliphatic rings. The summed E-state index contributed by atoms with van der Waals surface area (Å²) in [7, 11) is 1.60. The molecule has 102 valence electrons. The third-order valence-electron chi connectivity index (χ3n) is 3.08. The Balaban J connectivity index is 2.19. The van der Waals surface area contributed by atoms with Crippen molar-refractivity contribution in [2.24, 2.45) is 0 Å². The summed E-state index contributed by atoms with van der Waals surface area (Å²) in [5, 5.41) is 0. The second kappa shape index (κ2) is 6.20. The maximum absolute atomic E-state index is 12.2. The van der Waals surface area contributed by atoms with Crippen LogP contribution in [0.4, 0.5) is 0 Å². The van der Waals surface area contributed by atoms with Gasteiger partial charge in [-0.3, -0.25) is 4.79 Å². The lowest BCUT2D eigenvalue weighted by Gasteiger charge is -2.04. The van der Waals surface area contributed by atoms with Crippen molar-refractivity contribution in [3.05, 3.63) is 70.8 Å². The van der Waals surface area contributed by atoms with Crippen LogP contribution in [0, 0.1) is 13.8 Å². The standard InChI is InChI=1S/C18H18O2/c1-13-4-6-15(7-5-13)8-9-18(19)16-10-14(2)11-17(12-16)20-3/h4-12H,1-3H3/b9-8+. The van der Waals surface area contributed by atoms with Gasteiger partial charge in [-0.15, -0.1) is 0 Å². The van der Waals surface area contributed by atoms with Crippen molar-refractivity contribution in [3.8, 4) is 5.75 Å². The molecule has 0 spiro atoms. The molecule has 0 atom stereocenters. The molecule has 0 bridgehead atoms. The largest absolute Gasteiger partial charge is 0.497 e. The van der Waals surface area contributed by atoms with Gasteiger partial charge in [0.25, 0.3) is 0 Å². The topological polar surface area (TPSA) is 26.3 Å². The van der Waals surface area contributed by atoms with Crippen molar-refractivity contribution < 1.29 is 9.53 Å². The highest BCUT2D eigenvalue weighted by molar-refractivity contribution is 6.07. The zero-order valence-corrected chi connectivity index (χ0v) is 12.0. The van der Waals surface area contributed by atoms with E-state index in [0.717, 1.165) is 11.1 Å². The molecule has 0 N–H and O–H groups in total. The van der Waals surface area contributed by atoms with Crippen molar-refractivity contribution in [2.45, 2.75) is 13.8 Å². The number of hydrogen-bond donors (Lipinski definition) is 0.